The van der Waals surface area contributed by atoms with Gasteiger partial charge >= 0.3 is 22.8 Å². The van der Waals surface area contributed by atoms with Crippen molar-refractivity contribution in [2.45, 2.75) is 207 Å². The molecule has 0 radical (unpaired) electrons. The van der Waals surface area contributed by atoms with Crippen molar-refractivity contribution in [2.75, 3.05) is 0 Å². The molecule has 0 aliphatic rings. The van der Waals surface area contributed by atoms with Crippen LogP contribution in [-0.4, -0.2) is 27.5 Å². The molecule has 0 aromatic carbocycles. The van der Waals surface area contributed by atoms with Crippen molar-refractivity contribution in [2.24, 2.45) is 0 Å². The van der Waals surface area contributed by atoms with E-state index in [4.69, 9.17) is 0 Å². The highest BCUT2D eigenvalue weighted by atomic mass is 33.1. The Labute approximate surface area is 321 Å². The molecule has 2 heterocycles. The molecule has 2 N–H and O–H groups in total. The number of allylic oxidation sites excluding steroid dienone is 4. The lowest BCUT2D eigenvalue weighted by atomic mass is 10.1. The number of nitrogens with zero attached hydrogens (tertiary/aromatic N) is 4. The Kier molecular flexibility index (Phi) is 27.4. The Morgan fingerprint density at radius 2 is 0.673 bits per heavy atom. The van der Waals surface area contributed by atoms with Gasteiger partial charge < -0.3 is 0 Å². The molecular formula is C40H72N6O4S2. The minimum atomic E-state index is -0.468. The smallest absolute Gasteiger partial charge is 0.246 e. The molecule has 2 aromatic rings. The van der Waals surface area contributed by atoms with Crippen LogP contribution in [-0.2, 0) is 13.1 Å². The summed E-state index contributed by atoms with van der Waals surface area (Å²) in [5.41, 5.74) is -1.86. The van der Waals surface area contributed by atoms with E-state index in [1.807, 2.05) is 0 Å². The maximum Gasteiger partial charge on any atom is 0.358 e. The minimum Gasteiger partial charge on any atom is -0.246 e. The van der Waals surface area contributed by atoms with Crippen LogP contribution in [0.3, 0.4) is 0 Å². The van der Waals surface area contributed by atoms with Crippen LogP contribution in [0, 0.1) is 0 Å². The molecule has 298 valence electrons. The summed E-state index contributed by atoms with van der Waals surface area (Å²) in [5.74, 6) is 0. The SMILES string of the molecule is CCCCCCCC/C=C\CCCCCCCCn1c(=O)[nH]n(SSn2[nH]c(=O)n(CCCCCCCC/C=C\CCCCCCCC)c2=O)c1=O. The van der Waals surface area contributed by atoms with E-state index in [-0.39, 0.29) is 0 Å². The van der Waals surface area contributed by atoms with Gasteiger partial charge in [-0.2, -0.15) is 8.17 Å². The van der Waals surface area contributed by atoms with Crippen molar-refractivity contribution in [3.63, 3.8) is 0 Å². The summed E-state index contributed by atoms with van der Waals surface area (Å²) in [5, 5.41) is 5.09. The van der Waals surface area contributed by atoms with Gasteiger partial charge in [0.25, 0.3) is 0 Å². The average Bonchev–Trinajstić information content (AvgIpc) is 3.57. The minimum absolute atomic E-state index is 0.358. The summed E-state index contributed by atoms with van der Waals surface area (Å²) < 4.78 is 4.63. The zero-order valence-corrected chi connectivity index (χ0v) is 34.4. The first-order valence-electron chi connectivity index (χ1n) is 21.0. The van der Waals surface area contributed by atoms with Gasteiger partial charge in [0.05, 0.1) is 22.0 Å². The number of nitrogens with one attached hydrogen (secondary N) is 2. The standard InChI is InChI=1S/C40H72N6O4S2/c1-3-5-7-9-11-13-15-17-19-21-23-25-27-29-31-33-35-43-37(47)41-45(39(43)49)51-52-46-40(50)44(38(48)42-46)36-34-32-30-28-26-24-22-20-18-16-14-12-10-8-6-4-2/h17-20H,3-16,21-36H2,1-2H3,(H,41,47)(H,42,48)/b19-17-,20-18-. The Bertz CT molecular complexity index is 1340. The third-order valence-electron chi connectivity index (χ3n) is 9.66. The number of aromatic amines is 2. The summed E-state index contributed by atoms with van der Waals surface area (Å²) in [6.07, 6.45) is 42.9. The van der Waals surface area contributed by atoms with Crippen LogP contribution in [0.15, 0.2) is 43.5 Å². The normalized spacial score (nSPS) is 12.0. The van der Waals surface area contributed by atoms with Gasteiger partial charge in [-0.15, -0.1) is 0 Å². The highest BCUT2D eigenvalue weighted by molar-refractivity contribution is 8.75. The van der Waals surface area contributed by atoms with E-state index in [0.717, 1.165) is 94.3 Å². The molecule has 2 rings (SSSR count). The van der Waals surface area contributed by atoms with E-state index in [0.29, 0.717) is 13.1 Å². The van der Waals surface area contributed by atoms with Gasteiger partial charge in [-0.25, -0.2) is 38.5 Å². The van der Waals surface area contributed by atoms with Crippen LogP contribution in [0.1, 0.15) is 194 Å². The van der Waals surface area contributed by atoms with Crippen LogP contribution in [0.5, 0.6) is 0 Å². The third kappa shape index (κ3) is 20.8. The number of unbranched alkanes of at least 4 members (excludes halogenated alkanes) is 24. The van der Waals surface area contributed by atoms with Gasteiger partial charge in [0.1, 0.15) is 0 Å². The van der Waals surface area contributed by atoms with Crippen molar-refractivity contribution in [3.8, 4) is 0 Å². The fourth-order valence-corrected chi connectivity index (χ4v) is 8.07. The Morgan fingerprint density at radius 3 is 0.981 bits per heavy atom. The molecule has 2 aromatic heterocycles. The lowest BCUT2D eigenvalue weighted by Gasteiger charge is -2.02. The van der Waals surface area contributed by atoms with E-state index in [1.165, 1.54) is 125 Å². The van der Waals surface area contributed by atoms with E-state index in [2.05, 4.69) is 48.3 Å². The van der Waals surface area contributed by atoms with Crippen molar-refractivity contribution < 1.29 is 0 Å². The molecular weight excluding hydrogens is 693 g/mol. The molecule has 0 fully saturated rings. The number of hydrogen-bond acceptors (Lipinski definition) is 6. The second-order valence-electron chi connectivity index (χ2n) is 14.3. The van der Waals surface area contributed by atoms with Gasteiger partial charge in [-0.05, 0) is 64.2 Å². The van der Waals surface area contributed by atoms with Gasteiger partial charge in [0, 0.05) is 13.1 Å². The fourth-order valence-electron chi connectivity index (χ4n) is 6.38. The van der Waals surface area contributed by atoms with E-state index in [1.54, 1.807) is 0 Å². The monoisotopic (exact) mass is 765 g/mol. The van der Waals surface area contributed by atoms with Gasteiger partial charge in [0.15, 0.2) is 0 Å². The number of H-pyrrole nitrogens is 2. The van der Waals surface area contributed by atoms with Crippen molar-refractivity contribution in [1.82, 2.24) is 27.5 Å². The van der Waals surface area contributed by atoms with Crippen LogP contribution in [0.2, 0.25) is 0 Å². The van der Waals surface area contributed by atoms with Crippen molar-refractivity contribution >= 4 is 22.0 Å². The molecule has 0 spiro atoms. The molecule has 0 saturated heterocycles. The molecule has 0 unspecified atom stereocenters. The first-order valence-corrected chi connectivity index (χ1v) is 23.0. The van der Waals surface area contributed by atoms with Crippen LogP contribution >= 0.6 is 22.0 Å². The van der Waals surface area contributed by atoms with Crippen molar-refractivity contribution in [3.05, 3.63) is 66.2 Å². The highest BCUT2D eigenvalue weighted by Crippen LogP contribution is 2.19. The predicted molar refractivity (Wildman–Crippen MR) is 224 cm³/mol. The van der Waals surface area contributed by atoms with Gasteiger partial charge in [-0.3, -0.25) is 0 Å². The first-order chi connectivity index (χ1) is 25.5. The van der Waals surface area contributed by atoms with Gasteiger partial charge in [-0.1, -0.05) is 154 Å². The fraction of sp³-hybridized carbons (Fsp3) is 0.800. The maximum absolute atomic E-state index is 12.8. The molecule has 0 saturated carbocycles. The Balaban J connectivity index is 1.55. The largest absolute Gasteiger partial charge is 0.358 e. The first kappa shape index (κ1) is 45.8. The second kappa shape index (κ2) is 31.1. The number of hydrogen-bond donors (Lipinski definition) is 2. The average molecular weight is 765 g/mol. The molecule has 0 amide bonds. The second-order valence-corrected chi connectivity index (χ2v) is 16.2. The topological polar surface area (TPSA) is 120 Å². The maximum atomic E-state index is 12.8. The summed E-state index contributed by atoms with van der Waals surface area (Å²) in [6, 6.07) is 0. The van der Waals surface area contributed by atoms with E-state index < -0.39 is 22.8 Å². The summed E-state index contributed by atoms with van der Waals surface area (Å²) in [7, 11) is 1.80. The van der Waals surface area contributed by atoms with Crippen LogP contribution in [0.25, 0.3) is 0 Å². The molecule has 0 aliphatic carbocycles. The van der Waals surface area contributed by atoms with E-state index in [9.17, 15) is 19.2 Å². The van der Waals surface area contributed by atoms with Crippen LogP contribution in [0.4, 0.5) is 0 Å². The molecule has 0 atom stereocenters. The lowest BCUT2D eigenvalue weighted by Crippen LogP contribution is -2.28. The van der Waals surface area contributed by atoms with Crippen molar-refractivity contribution in [1.29, 1.82) is 0 Å². The zero-order chi connectivity index (χ0) is 37.5. The Morgan fingerprint density at radius 1 is 0.404 bits per heavy atom. The van der Waals surface area contributed by atoms with Crippen LogP contribution < -0.4 is 22.8 Å². The molecule has 10 nitrogen and oxygen atoms in total. The summed E-state index contributed by atoms with van der Waals surface area (Å²) >= 11 is 0. The quantitative estimate of drug-likeness (QED) is 0.0410. The lowest BCUT2D eigenvalue weighted by molar-refractivity contribution is 0.538. The highest BCUT2D eigenvalue weighted by Gasteiger charge is 2.14. The number of aromatic nitrogens is 6. The molecule has 0 aliphatic heterocycles. The summed E-state index contributed by atoms with van der Waals surface area (Å²) in [4.78, 5) is 50.5. The summed E-state index contributed by atoms with van der Waals surface area (Å²) in [6.45, 7) is 5.23. The predicted octanol–water partition coefficient (Wildman–Crippen LogP) is 10.7. The molecule has 0 bridgehead atoms. The number of rotatable bonds is 35. The van der Waals surface area contributed by atoms with E-state index >= 15 is 0 Å². The van der Waals surface area contributed by atoms with Gasteiger partial charge in [0.2, 0.25) is 0 Å². The molecule has 52 heavy (non-hydrogen) atoms. The zero-order valence-electron chi connectivity index (χ0n) is 32.8. The Hall–Kier alpha value is -2.34. The molecule has 12 heteroatoms. The third-order valence-corrected chi connectivity index (χ3v) is 11.6.